The van der Waals surface area contributed by atoms with Gasteiger partial charge in [-0.3, -0.25) is 0 Å². The van der Waals surface area contributed by atoms with Crippen molar-refractivity contribution in [2.45, 2.75) is 6.92 Å². The third-order valence-electron chi connectivity index (χ3n) is 3.33. The zero-order valence-corrected chi connectivity index (χ0v) is 10.7. The van der Waals surface area contributed by atoms with E-state index >= 15 is 0 Å². The first-order valence-electron chi connectivity index (χ1n) is 6.19. The number of hydrogen-bond acceptors (Lipinski definition) is 0. The lowest BCUT2D eigenvalue weighted by molar-refractivity contribution is -0.395. The van der Waals surface area contributed by atoms with Crippen LogP contribution in [0.25, 0.3) is 11.6 Å². The molecule has 0 atom stereocenters. The van der Waals surface area contributed by atoms with Crippen LogP contribution in [-0.4, -0.2) is 17.8 Å². The molecule has 0 amide bonds. The van der Waals surface area contributed by atoms with E-state index in [-0.39, 0.29) is 0 Å². The number of fused-ring (bicyclic) bond motifs is 1. The summed E-state index contributed by atoms with van der Waals surface area (Å²) in [6.07, 6.45) is 4.42. The molecule has 88 valence electrons. The van der Waals surface area contributed by atoms with Crippen molar-refractivity contribution < 1.29 is 4.58 Å². The highest BCUT2D eigenvalue weighted by Crippen LogP contribution is 2.30. The standard InChI is InChI=1S/C17H16N/c1-13-7-9-14(10-8-13)11-15-12-18(2)17-6-4-3-5-16(15)17/h3-12H,1-2H3/q+1/b15-11-. The molecule has 0 aliphatic carbocycles. The van der Waals surface area contributed by atoms with Crippen LogP contribution in [0.5, 0.6) is 0 Å². The summed E-state index contributed by atoms with van der Waals surface area (Å²) in [6, 6.07) is 17.1. The van der Waals surface area contributed by atoms with E-state index in [1.54, 1.807) is 0 Å². The van der Waals surface area contributed by atoms with E-state index in [2.05, 4.69) is 79.4 Å². The van der Waals surface area contributed by atoms with Crippen molar-refractivity contribution >= 4 is 23.6 Å². The Labute approximate surface area is 108 Å². The Hall–Kier alpha value is -2.15. The highest BCUT2D eigenvalue weighted by Gasteiger charge is 2.21. The fraction of sp³-hybridized carbons (Fsp3) is 0.118. The molecule has 0 fully saturated rings. The number of hydrogen-bond donors (Lipinski definition) is 0. The van der Waals surface area contributed by atoms with Gasteiger partial charge in [-0.25, -0.2) is 4.58 Å². The Bertz CT molecular complexity index is 646. The molecule has 0 saturated carbocycles. The van der Waals surface area contributed by atoms with Crippen LogP contribution < -0.4 is 0 Å². The van der Waals surface area contributed by atoms with Crippen molar-refractivity contribution in [3.8, 4) is 0 Å². The van der Waals surface area contributed by atoms with Crippen molar-refractivity contribution in [1.29, 1.82) is 0 Å². The predicted octanol–water partition coefficient (Wildman–Crippen LogP) is 3.89. The smallest absolute Gasteiger partial charge is 0.200 e. The van der Waals surface area contributed by atoms with Gasteiger partial charge in [-0.05, 0) is 24.6 Å². The monoisotopic (exact) mass is 234 g/mol. The SMILES string of the molecule is Cc1ccc(/C=C2/C=[N+](C)c3ccccc32)cc1. The lowest BCUT2D eigenvalue weighted by Gasteiger charge is -1.97. The first-order valence-corrected chi connectivity index (χ1v) is 6.19. The van der Waals surface area contributed by atoms with Crippen LogP contribution in [0.2, 0.25) is 0 Å². The minimum absolute atomic E-state index is 1.25. The summed E-state index contributed by atoms with van der Waals surface area (Å²) in [7, 11) is 2.09. The van der Waals surface area contributed by atoms with Gasteiger partial charge in [0.2, 0.25) is 5.69 Å². The molecule has 0 aromatic heterocycles. The maximum absolute atomic E-state index is 2.24. The van der Waals surface area contributed by atoms with E-state index in [0.717, 1.165) is 0 Å². The Morgan fingerprint density at radius 3 is 2.44 bits per heavy atom. The Morgan fingerprint density at radius 1 is 0.944 bits per heavy atom. The maximum Gasteiger partial charge on any atom is 0.213 e. The van der Waals surface area contributed by atoms with Crippen LogP contribution in [0.4, 0.5) is 5.69 Å². The molecule has 1 heterocycles. The average molecular weight is 234 g/mol. The van der Waals surface area contributed by atoms with E-state index < -0.39 is 0 Å². The molecule has 1 aliphatic heterocycles. The Morgan fingerprint density at radius 2 is 1.67 bits per heavy atom. The second-order valence-electron chi connectivity index (χ2n) is 4.77. The molecule has 2 aromatic carbocycles. The highest BCUT2D eigenvalue weighted by atomic mass is 15.0. The maximum atomic E-state index is 2.24. The molecule has 0 N–H and O–H groups in total. The quantitative estimate of drug-likeness (QED) is 0.658. The lowest BCUT2D eigenvalue weighted by atomic mass is 10.0. The van der Waals surface area contributed by atoms with Crippen LogP contribution in [0, 0.1) is 6.92 Å². The predicted molar refractivity (Wildman–Crippen MR) is 77.4 cm³/mol. The summed E-state index contributed by atoms with van der Waals surface area (Å²) in [6.45, 7) is 2.11. The van der Waals surface area contributed by atoms with Crippen LogP contribution in [0.1, 0.15) is 16.7 Å². The van der Waals surface area contributed by atoms with Crippen LogP contribution in [0.15, 0.2) is 48.5 Å². The Kier molecular flexibility index (Phi) is 2.60. The van der Waals surface area contributed by atoms with Gasteiger partial charge < -0.3 is 0 Å². The van der Waals surface area contributed by atoms with Crippen molar-refractivity contribution in [3.63, 3.8) is 0 Å². The lowest BCUT2D eigenvalue weighted by Crippen LogP contribution is -1.91. The molecule has 0 unspecified atom stereocenters. The number of allylic oxidation sites excluding steroid dienone is 1. The largest absolute Gasteiger partial charge is 0.213 e. The first kappa shape index (κ1) is 11.0. The summed E-state index contributed by atoms with van der Waals surface area (Å²) in [4.78, 5) is 0. The summed E-state index contributed by atoms with van der Waals surface area (Å²) in [5, 5.41) is 0. The summed E-state index contributed by atoms with van der Waals surface area (Å²) < 4.78 is 2.18. The molecule has 18 heavy (non-hydrogen) atoms. The summed E-state index contributed by atoms with van der Waals surface area (Å²) in [5.41, 5.74) is 6.40. The van der Waals surface area contributed by atoms with Crippen molar-refractivity contribution in [2.24, 2.45) is 0 Å². The molecular weight excluding hydrogens is 218 g/mol. The summed E-state index contributed by atoms with van der Waals surface area (Å²) in [5.74, 6) is 0. The molecule has 0 saturated heterocycles. The van der Waals surface area contributed by atoms with Crippen LogP contribution >= 0.6 is 0 Å². The second-order valence-corrected chi connectivity index (χ2v) is 4.77. The minimum Gasteiger partial charge on any atom is -0.200 e. The number of benzene rings is 2. The van der Waals surface area contributed by atoms with E-state index in [9.17, 15) is 0 Å². The van der Waals surface area contributed by atoms with Gasteiger partial charge in [-0.15, -0.1) is 0 Å². The van der Waals surface area contributed by atoms with Crippen molar-refractivity contribution in [1.82, 2.24) is 0 Å². The number of para-hydroxylation sites is 1. The number of nitrogens with zero attached hydrogens (tertiary/aromatic N) is 1. The third-order valence-corrected chi connectivity index (χ3v) is 3.33. The molecule has 1 aliphatic rings. The zero-order valence-electron chi connectivity index (χ0n) is 10.7. The average Bonchev–Trinajstić information content (AvgIpc) is 2.70. The Balaban J connectivity index is 2.07. The minimum atomic E-state index is 1.25. The van der Waals surface area contributed by atoms with Crippen molar-refractivity contribution in [3.05, 3.63) is 65.2 Å². The normalized spacial score (nSPS) is 15.7. The molecule has 0 bridgehead atoms. The topological polar surface area (TPSA) is 3.01 Å². The first-order chi connectivity index (χ1) is 8.74. The second kappa shape index (κ2) is 4.26. The van der Waals surface area contributed by atoms with Gasteiger partial charge in [0.15, 0.2) is 6.21 Å². The van der Waals surface area contributed by atoms with Crippen LogP contribution in [0.3, 0.4) is 0 Å². The van der Waals surface area contributed by atoms with Crippen LogP contribution in [-0.2, 0) is 0 Å². The molecular formula is C17H16N+. The van der Waals surface area contributed by atoms with Crippen molar-refractivity contribution in [2.75, 3.05) is 7.05 Å². The third kappa shape index (κ3) is 1.88. The van der Waals surface area contributed by atoms with Gasteiger partial charge >= 0.3 is 0 Å². The van der Waals surface area contributed by atoms with E-state index in [0.29, 0.717) is 0 Å². The number of aryl methyl sites for hydroxylation is 1. The van der Waals surface area contributed by atoms with Gasteiger partial charge in [-0.2, -0.15) is 0 Å². The van der Waals surface area contributed by atoms with Gasteiger partial charge in [0.25, 0.3) is 0 Å². The van der Waals surface area contributed by atoms with E-state index in [4.69, 9.17) is 0 Å². The molecule has 0 spiro atoms. The van der Waals surface area contributed by atoms with Gasteiger partial charge in [0.1, 0.15) is 7.05 Å². The van der Waals surface area contributed by atoms with Gasteiger partial charge in [0.05, 0.1) is 11.1 Å². The van der Waals surface area contributed by atoms with Gasteiger partial charge in [-0.1, -0.05) is 42.0 Å². The zero-order chi connectivity index (χ0) is 12.5. The summed E-state index contributed by atoms with van der Waals surface area (Å²) >= 11 is 0. The van der Waals surface area contributed by atoms with E-state index in [1.807, 2.05) is 0 Å². The molecule has 1 heteroatoms. The van der Waals surface area contributed by atoms with Gasteiger partial charge in [0, 0.05) is 6.07 Å². The fourth-order valence-electron chi connectivity index (χ4n) is 2.33. The molecule has 3 rings (SSSR count). The van der Waals surface area contributed by atoms with E-state index in [1.165, 1.54) is 28.0 Å². The number of rotatable bonds is 1. The molecule has 2 aromatic rings. The fourth-order valence-corrected chi connectivity index (χ4v) is 2.33. The molecule has 0 radical (unpaired) electrons. The molecule has 1 nitrogen and oxygen atoms in total. The highest BCUT2D eigenvalue weighted by molar-refractivity contribution is 6.17.